The third-order valence-electron chi connectivity index (χ3n) is 5.16. The first-order valence-electron chi connectivity index (χ1n) is 9.47. The third-order valence-corrected chi connectivity index (χ3v) is 5.16. The Morgan fingerprint density at radius 3 is 2.22 bits per heavy atom. The molecule has 0 atom stereocenters. The lowest BCUT2D eigenvalue weighted by molar-refractivity contribution is -0.150. The SMILES string of the molecule is CC(C)(Oc1ccc(F)cc1)C(=O)N1CCC(C(=O)N2CCOCC2)CC1. The number of piperidine rings is 1. The lowest BCUT2D eigenvalue weighted by Gasteiger charge is -2.38. The van der Waals surface area contributed by atoms with Crippen molar-refractivity contribution in [3.8, 4) is 5.75 Å². The fourth-order valence-electron chi connectivity index (χ4n) is 3.59. The zero-order chi connectivity index (χ0) is 19.4. The maximum atomic E-state index is 13.0. The minimum absolute atomic E-state index is 0.0340. The van der Waals surface area contributed by atoms with Crippen molar-refractivity contribution in [3.63, 3.8) is 0 Å². The van der Waals surface area contributed by atoms with Crippen LogP contribution in [0.2, 0.25) is 0 Å². The topological polar surface area (TPSA) is 59.1 Å². The van der Waals surface area contributed by atoms with E-state index in [9.17, 15) is 14.0 Å². The molecule has 6 nitrogen and oxygen atoms in total. The van der Waals surface area contributed by atoms with Crippen LogP contribution in [0.3, 0.4) is 0 Å². The quantitative estimate of drug-likeness (QED) is 0.805. The van der Waals surface area contributed by atoms with Crippen LogP contribution in [0.4, 0.5) is 4.39 Å². The van der Waals surface area contributed by atoms with Gasteiger partial charge < -0.3 is 19.3 Å². The standard InChI is InChI=1S/C20H27FN2O4/c1-20(2,27-17-5-3-16(21)4-6-17)19(25)23-9-7-15(8-10-23)18(24)22-11-13-26-14-12-22/h3-6,15H,7-14H2,1-2H3. The van der Waals surface area contributed by atoms with E-state index in [2.05, 4.69) is 0 Å². The van der Waals surface area contributed by atoms with Crippen molar-refractivity contribution in [2.45, 2.75) is 32.3 Å². The van der Waals surface area contributed by atoms with E-state index in [4.69, 9.17) is 9.47 Å². The summed E-state index contributed by atoms with van der Waals surface area (Å²) in [6.07, 6.45) is 1.32. The molecule has 0 unspecified atom stereocenters. The molecule has 1 aromatic rings. The fraction of sp³-hybridized carbons (Fsp3) is 0.600. The molecule has 148 valence electrons. The number of hydrogen-bond acceptors (Lipinski definition) is 4. The molecule has 2 aliphatic rings. The molecule has 0 aliphatic carbocycles. The van der Waals surface area contributed by atoms with E-state index in [1.165, 1.54) is 24.3 Å². The van der Waals surface area contributed by atoms with Crippen LogP contribution in [0.15, 0.2) is 24.3 Å². The van der Waals surface area contributed by atoms with E-state index in [0.717, 1.165) is 0 Å². The summed E-state index contributed by atoms with van der Waals surface area (Å²) in [5, 5.41) is 0. The van der Waals surface area contributed by atoms with Crippen molar-refractivity contribution in [2.24, 2.45) is 5.92 Å². The molecule has 2 saturated heterocycles. The number of carbonyl (C=O) groups is 2. The van der Waals surface area contributed by atoms with Crippen LogP contribution in [0.25, 0.3) is 0 Å². The van der Waals surface area contributed by atoms with Gasteiger partial charge in [-0.05, 0) is 51.0 Å². The average Bonchev–Trinajstić information content (AvgIpc) is 2.69. The van der Waals surface area contributed by atoms with Gasteiger partial charge in [-0.25, -0.2) is 4.39 Å². The van der Waals surface area contributed by atoms with Crippen LogP contribution < -0.4 is 4.74 Å². The van der Waals surface area contributed by atoms with Crippen molar-refractivity contribution in [1.29, 1.82) is 0 Å². The first kappa shape index (κ1) is 19.6. The van der Waals surface area contributed by atoms with Gasteiger partial charge in [0.25, 0.3) is 5.91 Å². The number of amides is 2. The number of hydrogen-bond donors (Lipinski definition) is 0. The van der Waals surface area contributed by atoms with E-state index >= 15 is 0 Å². The highest BCUT2D eigenvalue weighted by molar-refractivity contribution is 5.85. The molecule has 7 heteroatoms. The number of halogens is 1. The van der Waals surface area contributed by atoms with Crippen LogP contribution in [0, 0.1) is 11.7 Å². The second-order valence-corrected chi connectivity index (χ2v) is 7.57. The molecular formula is C20H27FN2O4. The van der Waals surface area contributed by atoms with Crippen molar-refractivity contribution in [3.05, 3.63) is 30.1 Å². The number of likely N-dealkylation sites (tertiary alicyclic amines) is 1. The van der Waals surface area contributed by atoms with Crippen molar-refractivity contribution in [1.82, 2.24) is 9.80 Å². The Balaban J connectivity index is 1.53. The van der Waals surface area contributed by atoms with Gasteiger partial charge in [0.1, 0.15) is 11.6 Å². The summed E-state index contributed by atoms with van der Waals surface area (Å²) >= 11 is 0. The van der Waals surface area contributed by atoms with Crippen LogP contribution in [0.5, 0.6) is 5.75 Å². The van der Waals surface area contributed by atoms with Gasteiger partial charge in [-0.3, -0.25) is 9.59 Å². The maximum absolute atomic E-state index is 13.0. The Kier molecular flexibility index (Phi) is 5.99. The van der Waals surface area contributed by atoms with Crippen LogP contribution in [-0.2, 0) is 14.3 Å². The minimum atomic E-state index is -1.06. The highest BCUT2D eigenvalue weighted by Gasteiger charge is 2.38. The highest BCUT2D eigenvalue weighted by Crippen LogP contribution is 2.25. The minimum Gasteiger partial charge on any atom is -0.478 e. The lowest BCUT2D eigenvalue weighted by Crippen LogP contribution is -2.53. The lowest BCUT2D eigenvalue weighted by atomic mass is 9.93. The number of carbonyl (C=O) groups excluding carboxylic acids is 2. The Bertz CT molecular complexity index is 663. The van der Waals surface area contributed by atoms with Crippen molar-refractivity contribution < 1.29 is 23.5 Å². The van der Waals surface area contributed by atoms with E-state index in [1.54, 1.807) is 18.7 Å². The van der Waals surface area contributed by atoms with E-state index in [-0.39, 0.29) is 23.5 Å². The first-order chi connectivity index (χ1) is 12.9. The Labute approximate surface area is 159 Å². The number of nitrogens with zero attached hydrogens (tertiary/aromatic N) is 2. The fourth-order valence-corrected chi connectivity index (χ4v) is 3.59. The number of ether oxygens (including phenoxy) is 2. The average molecular weight is 378 g/mol. The van der Waals surface area contributed by atoms with Gasteiger partial charge in [0.15, 0.2) is 5.60 Å². The molecule has 0 saturated carbocycles. The molecule has 0 radical (unpaired) electrons. The van der Waals surface area contributed by atoms with Gasteiger partial charge in [0.05, 0.1) is 13.2 Å². The maximum Gasteiger partial charge on any atom is 0.266 e. The molecule has 0 bridgehead atoms. The summed E-state index contributed by atoms with van der Waals surface area (Å²) in [7, 11) is 0. The summed E-state index contributed by atoms with van der Waals surface area (Å²) in [5.74, 6) is 0.121. The van der Waals surface area contributed by atoms with Crippen LogP contribution in [0.1, 0.15) is 26.7 Å². The molecule has 0 N–H and O–H groups in total. The van der Waals surface area contributed by atoms with E-state index in [0.29, 0.717) is 58.0 Å². The van der Waals surface area contributed by atoms with Crippen LogP contribution in [-0.4, -0.2) is 66.6 Å². The summed E-state index contributed by atoms with van der Waals surface area (Å²) in [4.78, 5) is 29.1. The predicted octanol–water partition coefficient (Wildman–Crippen LogP) is 2.08. The second kappa shape index (κ2) is 8.25. The van der Waals surface area contributed by atoms with Crippen LogP contribution >= 0.6 is 0 Å². The van der Waals surface area contributed by atoms with Gasteiger partial charge in [0.2, 0.25) is 5.91 Å². The second-order valence-electron chi connectivity index (χ2n) is 7.57. The molecule has 2 aliphatic heterocycles. The van der Waals surface area contributed by atoms with Gasteiger partial charge in [-0.15, -0.1) is 0 Å². The zero-order valence-electron chi connectivity index (χ0n) is 15.9. The first-order valence-corrected chi connectivity index (χ1v) is 9.47. The largest absolute Gasteiger partial charge is 0.478 e. The zero-order valence-corrected chi connectivity index (χ0v) is 15.9. The highest BCUT2D eigenvalue weighted by atomic mass is 19.1. The molecule has 3 rings (SSSR count). The van der Waals surface area contributed by atoms with Crippen molar-refractivity contribution >= 4 is 11.8 Å². The Morgan fingerprint density at radius 1 is 1.04 bits per heavy atom. The smallest absolute Gasteiger partial charge is 0.266 e. The summed E-state index contributed by atoms with van der Waals surface area (Å²) in [5.41, 5.74) is -1.06. The molecule has 0 aromatic heterocycles. The Morgan fingerprint density at radius 2 is 1.63 bits per heavy atom. The molecule has 0 spiro atoms. The number of benzene rings is 1. The molecule has 2 fully saturated rings. The van der Waals surface area contributed by atoms with Gasteiger partial charge in [0, 0.05) is 32.1 Å². The summed E-state index contributed by atoms with van der Waals surface area (Å²) in [6, 6.07) is 5.63. The molecular weight excluding hydrogens is 351 g/mol. The normalized spacial score (nSPS) is 19.1. The predicted molar refractivity (Wildman–Crippen MR) is 97.8 cm³/mol. The monoisotopic (exact) mass is 378 g/mol. The molecule has 2 heterocycles. The van der Waals surface area contributed by atoms with Gasteiger partial charge in [-0.2, -0.15) is 0 Å². The van der Waals surface area contributed by atoms with Gasteiger partial charge >= 0.3 is 0 Å². The third kappa shape index (κ3) is 4.77. The van der Waals surface area contributed by atoms with Crippen molar-refractivity contribution in [2.75, 3.05) is 39.4 Å². The van der Waals surface area contributed by atoms with Gasteiger partial charge in [-0.1, -0.05) is 0 Å². The number of morpholine rings is 1. The summed E-state index contributed by atoms with van der Waals surface area (Å²) in [6.45, 7) is 6.99. The molecule has 27 heavy (non-hydrogen) atoms. The summed E-state index contributed by atoms with van der Waals surface area (Å²) < 4.78 is 24.1. The van der Waals surface area contributed by atoms with E-state index < -0.39 is 5.60 Å². The van der Waals surface area contributed by atoms with E-state index in [1.807, 2.05) is 4.90 Å². The Hall–Kier alpha value is -2.15. The molecule has 1 aromatic carbocycles. The number of rotatable bonds is 4. The molecule has 2 amide bonds.